The zero-order valence-corrected chi connectivity index (χ0v) is 10.1. The molecule has 0 aliphatic heterocycles. The highest BCUT2D eigenvalue weighted by Gasteiger charge is 2.18. The van der Waals surface area contributed by atoms with Gasteiger partial charge in [-0.3, -0.25) is 4.79 Å². The predicted octanol–water partition coefficient (Wildman–Crippen LogP) is 2.25. The van der Waals surface area contributed by atoms with E-state index in [0.717, 1.165) is 5.75 Å². The average molecular weight is 221 g/mol. The van der Waals surface area contributed by atoms with E-state index in [1.165, 1.54) is 0 Å². The van der Waals surface area contributed by atoms with Gasteiger partial charge in [-0.05, 0) is 26.0 Å². The lowest BCUT2D eigenvalue weighted by atomic mass is 9.94. The first-order valence-corrected chi connectivity index (χ1v) is 5.59. The largest absolute Gasteiger partial charge is 0.494 e. The number of rotatable bonds is 5. The molecule has 1 rings (SSSR count). The first kappa shape index (κ1) is 12.7. The minimum atomic E-state index is -0.170. The van der Waals surface area contributed by atoms with Crippen molar-refractivity contribution in [3.63, 3.8) is 0 Å². The highest BCUT2D eigenvalue weighted by Crippen LogP contribution is 2.17. The predicted molar refractivity (Wildman–Crippen MR) is 64.8 cm³/mol. The number of Topliss-reactive ketones (excluding diaryl/α,β-unsaturated/α-hetero) is 1. The Bertz CT molecular complexity index is 361. The maximum Gasteiger partial charge on any atom is 0.167 e. The van der Waals surface area contributed by atoms with Gasteiger partial charge in [0.2, 0.25) is 0 Å². The molecule has 88 valence electrons. The molecule has 0 saturated carbocycles. The molecule has 0 radical (unpaired) electrons. The fourth-order valence-corrected chi connectivity index (χ4v) is 1.41. The van der Waals surface area contributed by atoms with Crippen LogP contribution in [0.1, 0.15) is 31.1 Å². The van der Waals surface area contributed by atoms with Crippen molar-refractivity contribution >= 4 is 5.78 Å². The minimum Gasteiger partial charge on any atom is -0.494 e. The molecular formula is C13H19NO2. The summed E-state index contributed by atoms with van der Waals surface area (Å²) in [5.41, 5.74) is 6.38. The van der Waals surface area contributed by atoms with Gasteiger partial charge >= 0.3 is 0 Å². The van der Waals surface area contributed by atoms with E-state index in [9.17, 15) is 4.79 Å². The van der Waals surface area contributed by atoms with Gasteiger partial charge in [-0.1, -0.05) is 19.1 Å². The van der Waals surface area contributed by atoms with Crippen LogP contribution in [0.4, 0.5) is 0 Å². The monoisotopic (exact) mass is 221 g/mol. The lowest BCUT2D eigenvalue weighted by molar-refractivity contribution is 0.0916. The van der Waals surface area contributed by atoms with Gasteiger partial charge in [-0.25, -0.2) is 0 Å². The van der Waals surface area contributed by atoms with E-state index in [4.69, 9.17) is 10.5 Å². The molecule has 2 N–H and O–H groups in total. The van der Waals surface area contributed by atoms with Crippen molar-refractivity contribution in [2.45, 2.75) is 26.8 Å². The van der Waals surface area contributed by atoms with Gasteiger partial charge in [0, 0.05) is 17.5 Å². The molecule has 2 atom stereocenters. The van der Waals surface area contributed by atoms with Crippen LogP contribution >= 0.6 is 0 Å². The Morgan fingerprint density at radius 1 is 1.44 bits per heavy atom. The summed E-state index contributed by atoms with van der Waals surface area (Å²) < 4.78 is 5.35. The smallest absolute Gasteiger partial charge is 0.167 e. The number of benzene rings is 1. The van der Waals surface area contributed by atoms with Crippen LogP contribution < -0.4 is 10.5 Å². The summed E-state index contributed by atoms with van der Waals surface area (Å²) in [6.45, 7) is 6.20. The van der Waals surface area contributed by atoms with Crippen LogP contribution in [0, 0.1) is 5.92 Å². The third-order valence-corrected chi connectivity index (χ3v) is 2.63. The number of hydrogen-bond donors (Lipinski definition) is 1. The van der Waals surface area contributed by atoms with Crippen molar-refractivity contribution in [2.75, 3.05) is 6.61 Å². The topological polar surface area (TPSA) is 52.3 Å². The Kier molecular flexibility index (Phi) is 4.50. The van der Waals surface area contributed by atoms with Gasteiger partial charge < -0.3 is 10.5 Å². The number of carbonyl (C=O) groups is 1. The summed E-state index contributed by atoms with van der Waals surface area (Å²) in [5, 5.41) is 0. The molecule has 3 heteroatoms. The normalized spacial score (nSPS) is 14.2. The van der Waals surface area contributed by atoms with Gasteiger partial charge in [0.15, 0.2) is 5.78 Å². The molecule has 0 spiro atoms. The molecule has 0 aliphatic rings. The lowest BCUT2D eigenvalue weighted by Crippen LogP contribution is -2.30. The quantitative estimate of drug-likeness (QED) is 0.776. The fraction of sp³-hybridized carbons (Fsp3) is 0.462. The molecular weight excluding hydrogens is 202 g/mol. The standard InChI is InChI=1S/C13H19NO2/c1-4-16-12-7-5-6-11(8-12)13(15)9(2)10(3)14/h5-10H,4,14H2,1-3H3. The molecule has 0 heterocycles. The van der Waals surface area contributed by atoms with Crippen molar-refractivity contribution in [1.82, 2.24) is 0 Å². The van der Waals surface area contributed by atoms with Crippen LogP contribution in [0.25, 0.3) is 0 Å². The molecule has 16 heavy (non-hydrogen) atoms. The van der Waals surface area contributed by atoms with Crippen LogP contribution in [0.2, 0.25) is 0 Å². The summed E-state index contributed by atoms with van der Waals surface area (Å²) >= 11 is 0. The molecule has 0 bridgehead atoms. The maximum atomic E-state index is 12.0. The van der Waals surface area contributed by atoms with Gasteiger partial charge in [-0.15, -0.1) is 0 Å². The Morgan fingerprint density at radius 3 is 2.69 bits per heavy atom. The van der Waals surface area contributed by atoms with Crippen LogP contribution in [0.5, 0.6) is 5.75 Å². The van der Waals surface area contributed by atoms with Crippen LogP contribution in [0.15, 0.2) is 24.3 Å². The van der Waals surface area contributed by atoms with Crippen LogP contribution in [0.3, 0.4) is 0 Å². The number of carbonyl (C=O) groups excluding carboxylic acids is 1. The summed E-state index contributed by atoms with van der Waals surface area (Å²) in [6, 6.07) is 7.10. The van der Waals surface area contributed by atoms with E-state index in [0.29, 0.717) is 12.2 Å². The molecule has 0 amide bonds. The van der Waals surface area contributed by atoms with Crippen molar-refractivity contribution in [2.24, 2.45) is 11.7 Å². The second-order valence-electron chi connectivity index (χ2n) is 3.97. The SMILES string of the molecule is CCOc1cccc(C(=O)C(C)C(C)N)c1. The van der Waals surface area contributed by atoms with Gasteiger partial charge in [0.05, 0.1) is 6.61 Å². The number of ketones is 1. The second-order valence-corrected chi connectivity index (χ2v) is 3.97. The molecule has 2 unspecified atom stereocenters. The molecule has 1 aromatic carbocycles. The third-order valence-electron chi connectivity index (χ3n) is 2.63. The van der Waals surface area contributed by atoms with Crippen LogP contribution in [-0.4, -0.2) is 18.4 Å². The second kappa shape index (κ2) is 5.66. The third kappa shape index (κ3) is 3.07. The summed E-state index contributed by atoms with van der Waals surface area (Å²) in [4.78, 5) is 12.0. The zero-order valence-electron chi connectivity index (χ0n) is 10.1. The number of hydrogen-bond acceptors (Lipinski definition) is 3. The van der Waals surface area contributed by atoms with E-state index in [-0.39, 0.29) is 17.7 Å². The Morgan fingerprint density at radius 2 is 2.12 bits per heavy atom. The average Bonchev–Trinajstić information content (AvgIpc) is 2.28. The molecule has 1 aromatic rings. The highest BCUT2D eigenvalue weighted by molar-refractivity contribution is 5.98. The summed E-state index contributed by atoms with van der Waals surface area (Å²) in [7, 11) is 0. The zero-order chi connectivity index (χ0) is 12.1. The molecule has 0 fully saturated rings. The first-order valence-electron chi connectivity index (χ1n) is 5.59. The van der Waals surface area contributed by atoms with Crippen molar-refractivity contribution in [3.05, 3.63) is 29.8 Å². The number of nitrogens with two attached hydrogens (primary N) is 1. The maximum absolute atomic E-state index is 12.0. The number of ether oxygens (including phenoxy) is 1. The Balaban J connectivity index is 2.87. The van der Waals surface area contributed by atoms with E-state index in [2.05, 4.69) is 0 Å². The molecule has 3 nitrogen and oxygen atoms in total. The van der Waals surface area contributed by atoms with Crippen molar-refractivity contribution in [3.8, 4) is 5.75 Å². The van der Waals surface area contributed by atoms with Crippen LogP contribution in [-0.2, 0) is 0 Å². The van der Waals surface area contributed by atoms with E-state index in [1.54, 1.807) is 12.1 Å². The van der Waals surface area contributed by atoms with E-state index < -0.39 is 0 Å². The lowest BCUT2D eigenvalue weighted by Gasteiger charge is -2.14. The molecule has 0 aliphatic carbocycles. The molecule has 0 aromatic heterocycles. The van der Waals surface area contributed by atoms with E-state index >= 15 is 0 Å². The fourth-order valence-electron chi connectivity index (χ4n) is 1.41. The van der Waals surface area contributed by atoms with Crippen molar-refractivity contribution < 1.29 is 9.53 Å². The van der Waals surface area contributed by atoms with Gasteiger partial charge in [0.25, 0.3) is 0 Å². The Hall–Kier alpha value is -1.35. The minimum absolute atomic E-state index is 0.0663. The molecule has 0 saturated heterocycles. The van der Waals surface area contributed by atoms with Gasteiger partial charge in [-0.2, -0.15) is 0 Å². The Labute approximate surface area is 96.6 Å². The van der Waals surface area contributed by atoms with Crippen molar-refractivity contribution in [1.29, 1.82) is 0 Å². The summed E-state index contributed by atoms with van der Waals surface area (Å²) in [5.74, 6) is 0.624. The highest BCUT2D eigenvalue weighted by atomic mass is 16.5. The summed E-state index contributed by atoms with van der Waals surface area (Å²) in [6.07, 6.45) is 0. The van der Waals surface area contributed by atoms with Gasteiger partial charge in [0.1, 0.15) is 5.75 Å². The first-order chi connectivity index (χ1) is 7.56. The van der Waals surface area contributed by atoms with E-state index in [1.807, 2.05) is 32.9 Å².